The van der Waals surface area contributed by atoms with Gasteiger partial charge in [-0.15, -0.1) is 0 Å². The molecule has 0 aliphatic heterocycles. The minimum absolute atomic E-state index is 0.235. The predicted octanol–water partition coefficient (Wildman–Crippen LogP) is 4.31. The van der Waals surface area contributed by atoms with Gasteiger partial charge in [0.05, 0.1) is 11.2 Å². The molecule has 0 radical (unpaired) electrons. The maximum atomic E-state index is 9.43. The number of hydrogen-bond donors (Lipinski definition) is 3. The van der Waals surface area contributed by atoms with Crippen LogP contribution in [0.5, 0.6) is 11.5 Å². The number of phenolic OH excluding ortho intramolecular Hbond substituents is 2. The van der Waals surface area contributed by atoms with Crippen LogP contribution in [0.2, 0.25) is 0 Å². The summed E-state index contributed by atoms with van der Waals surface area (Å²) in [4.78, 5) is 0. The SMILES string of the molecule is Oc1ccc(-c2ccc3[nH]nc(-c4ccc(O)cc4)c3c2)cc1. The summed E-state index contributed by atoms with van der Waals surface area (Å²) >= 11 is 0. The molecule has 112 valence electrons. The average Bonchev–Trinajstić information content (AvgIpc) is 2.99. The minimum Gasteiger partial charge on any atom is -0.508 e. The lowest BCUT2D eigenvalue weighted by atomic mass is 10.0. The molecule has 4 nitrogen and oxygen atoms in total. The van der Waals surface area contributed by atoms with E-state index in [4.69, 9.17) is 0 Å². The lowest BCUT2D eigenvalue weighted by Gasteiger charge is -2.03. The zero-order chi connectivity index (χ0) is 15.8. The van der Waals surface area contributed by atoms with Crippen molar-refractivity contribution in [2.45, 2.75) is 0 Å². The Hall–Kier alpha value is -3.27. The second kappa shape index (κ2) is 5.18. The van der Waals surface area contributed by atoms with Gasteiger partial charge in [-0.2, -0.15) is 5.10 Å². The fourth-order valence-corrected chi connectivity index (χ4v) is 2.69. The van der Waals surface area contributed by atoms with Crippen LogP contribution in [0.1, 0.15) is 0 Å². The number of phenols is 2. The van der Waals surface area contributed by atoms with Crippen LogP contribution in [0, 0.1) is 0 Å². The number of nitrogens with one attached hydrogen (secondary N) is 1. The van der Waals surface area contributed by atoms with Crippen LogP contribution in [0.25, 0.3) is 33.3 Å². The van der Waals surface area contributed by atoms with Crippen molar-refractivity contribution in [2.75, 3.05) is 0 Å². The van der Waals surface area contributed by atoms with Gasteiger partial charge in [0.15, 0.2) is 0 Å². The van der Waals surface area contributed by atoms with Crippen LogP contribution >= 0.6 is 0 Å². The molecule has 1 aromatic heterocycles. The fourth-order valence-electron chi connectivity index (χ4n) is 2.69. The van der Waals surface area contributed by atoms with Crippen LogP contribution in [0.4, 0.5) is 0 Å². The summed E-state index contributed by atoms with van der Waals surface area (Å²) in [6.07, 6.45) is 0. The van der Waals surface area contributed by atoms with Gasteiger partial charge >= 0.3 is 0 Å². The van der Waals surface area contributed by atoms with Gasteiger partial charge in [0.1, 0.15) is 11.5 Å². The van der Waals surface area contributed by atoms with Gasteiger partial charge in [-0.25, -0.2) is 0 Å². The third-order valence-corrected chi connectivity index (χ3v) is 3.90. The smallest absolute Gasteiger partial charge is 0.115 e. The van der Waals surface area contributed by atoms with Crippen LogP contribution < -0.4 is 0 Å². The highest BCUT2D eigenvalue weighted by molar-refractivity contribution is 5.95. The van der Waals surface area contributed by atoms with E-state index < -0.39 is 0 Å². The lowest BCUT2D eigenvalue weighted by Crippen LogP contribution is -1.80. The van der Waals surface area contributed by atoms with Crippen LogP contribution in [0.15, 0.2) is 66.7 Å². The Bertz CT molecular complexity index is 971. The second-order valence-electron chi connectivity index (χ2n) is 5.43. The number of rotatable bonds is 2. The summed E-state index contributed by atoms with van der Waals surface area (Å²) < 4.78 is 0. The van der Waals surface area contributed by atoms with Crippen LogP contribution in [-0.2, 0) is 0 Å². The quantitative estimate of drug-likeness (QED) is 0.517. The standard InChI is InChI=1S/C19H14N2O2/c22-15-6-1-12(2-7-15)14-5-10-18-17(11-14)19(21-20-18)13-3-8-16(23)9-4-13/h1-11,22-23H,(H,20,21). The van der Waals surface area contributed by atoms with Crippen molar-refractivity contribution in [3.63, 3.8) is 0 Å². The number of fused-ring (bicyclic) bond motifs is 1. The maximum absolute atomic E-state index is 9.43. The summed E-state index contributed by atoms with van der Waals surface area (Å²) in [5.41, 5.74) is 4.83. The van der Waals surface area contributed by atoms with Crippen molar-refractivity contribution in [1.82, 2.24) is 10.2 Å². The van der Waals surface area contributed by atoms with Gasteiger partial charge in [0.25, 0.3) is 0 Å². The molecule has 1 heterocycles. The van der Waals surface area contributed by atoms with E-state index in [9.17, 15) is 10.2 Å². The van der Waals surface area contributed by atoms with Gasteiger partial charge < -0.3 is 10.2 Å². The highest BCUT2D eigenvalue weighted by Gasteiger charge is 2.09. The van der Waals surface area contributed by atoms with Crippen molar-refractivity contribution >= 4 is 10.9 Å². The van der Waals surface area contributed by atoms with E-state index in [1.807, 2.05) is 36.4 Å². The molecule has 23 heavy (non-hydrogen) atoms. The van der Waals surface area contributed by atoms with E-state index in [1.54, 1.807) is 24.3 Å². The molecule has 0 atom stereocenters. The van der Waals surface area contributed by atoms with Crippen LogP contribution in [0.3, 0.4) is 0 Å². The second-order valence-corrected chi connectivity index (χ2v) is 5.43. The molecule has 0 saturated carbocycles. The summed E-state index contributed by atoms with van der Waals surface area (Å²) in [6.45, 7) is 0. The first-order chi connectivity index (χ1) is 11.2. The minimum atomic E-state index is 0.235. The van der Waals surface area contributed by atoms with Crippen molar-refractivity contribution in [3.05, 3.63) is 66.7 Å². The van der Waals surface area contributed by atoms with E-state index in [0.29, 0.717) is 0 Å². The van der Waals surface area contributed by atoms with E-state index >= 15 is 0 Å². The molecule has 0 bridgehead atoms. The molecule has 0 saturated heterocycles. The molecular formula is C19H14N2O2. The Labute approximate surface area is 132 Å². The number of aromatic nitrogens is 2. The van der Waals surface area contributed by atoms with E-state index in [1.165, 1.54) is 0 Å². The Morgan fingerprint density at radius 1 is 0.652 bits per heavy atom. The van der Waals surface area contributed by atoms with E-state index in [-0.39, 0.29) is 11.5 Å². The van der Waals surface area contributed by atoms with Gasteiger partial charge in [-0.05, 0) is 59.7 Å². The molecule has 0 spiro atoms. The summed E-state index contributed by atoms with van der Waals surface area (Å²) in [6, 6.07) is 20.2. The monoisotopic (exact) mass is 302 g/mol. The third-order valence-electron chi connectivity index (χ3n) is 3.90. The molecular weight excluding hydrogens is 288 g/mol. The average molecular weight is 302 g/mol. The number of H-pyrrole nitrogens is 1. The number of benzene rings is 3. The van der Waals surface area contributed by atoms with Gasteiger partial charge in [0, 0.05) is 10.9 Å². The lowest BCUT2D eigenvalue weighted by molar-refractivity contribution is 0.475. The van der Waals surface area contributed by atoms with Crippen molar-refractivity contribution < 1.29 is 10.2 Å². The Morgan fingerprint density at radius 3 is 1.87 bits per heavy atom. The van der Waals surface area contributed by atoms with Gasteiger partial charge in [-0.3, -0.25) is 5.10 Å². The Kier molecular flexibility index (Phi) is 3.01. The number of nitrogens with zero attached hydrogens (tertiary/aromatic N) is 1. The molecule has 3 N–H and O–H groups in total. The molecule has 0 aliphatic rings. The van der Waals surface area contributed by atoms with Crippen LogP contribution in [-0.4, -0.2) is 20.4 Å². The molecule has 0 aliphatic carbocycles. The van der Waals surface area contributed by atoms with E-state index in [0.717, 1.165) is 33.3 Å². The van der Waals surface area contributed by atoms with E-state index in [2.05, 4.69) is 16.3 Å². The maximum Gasteiger partial charge on any atom is 0.115 e. The molecule has 4 rings (SSSR count). The zero-order valence-electron chi connectivity index (χ0n) is 12.2. The third kappa shape index (κ3) is 2.40. The largest absolute Gasteiger partial charge is 0.508 e. The Balaban J connectivity index is 1.86. The highest BCUT2D eigenvalue weighted by Crippen LogP contribution is 2.31. The predicted molar refractivity (Wildman–Crippen MR) is 90.3 cm³/mol. The number of aromatic hydroxyl groups is 2. The summed E-state index contributed by atoms with van der Waals surface area (Å²) in [7, 11) is 0. The Morgan fingerprint density at radius 2 is 1.22 bits per heavy atom. The van der Waals surface area contributed by atoms with Crippen molar-refractivity contribution in [3.8, 4) is 33.9 Å². The molecule has 0 unspecified atom stereocenters. The van der Waals surface area contributed by atoms with Crippen molar-refractivity contribution in [2.24, 2.45) is 0 Å². The van der Waals surface area contributed by atoms with Gasteiger partial charge in [0.2, 0.25) is 0 Å². The highest BCUT2D eigenvalue weighted by atomic mass is 16.3. The molecule has 4 aromatic rings. The molecule has 0 amide bonds. The zero-order valence-corrected chi connectivity index (χ0v) is 12.2. The summed E-state index contributed by atoms with van der Waals surface area (Å²) in [5.74, 6) is 0.487. The first-order valence-electron chi connectivity index (χ1n) is 7.28. The summed E-state index contributed by atoms with van der Waals surface area (Å²) in [5, 5.41) is 27.3. The molecule has 3 aromatic carbocycles. The topological polar surface area (TPSA) is 69.1 Å². The fraction of sp³-hybridized carbons (Fsp3) is 0. The number of hydrogen-bond acceptors (Lipinski definition) is 3. The first-order valence-corrected chi connectivity index (χ1v) is 7.28. The van der Waals surface area contributed by atoms with Crippen molar-refractivity contribution in [1.29, 1.82) is 0 Å². The normalized spacial score (nSPS) is 11.0. The van der Waals surface area contributed by atoms with Gasteiger partial charge in [-0.1, -0.05) is 18.2 Å². The first kappa shape index (κ1) is 13.4. The molecule has 4 heteroatoms. The molecule has 0 fully saturated rings. The number of aromatic amines is 1.